The maximum atomic E-state index is 13.1. The van der Waals surface area contributed by atoms with Gasteiger partial charge in [0.15, 0.2) is 12.6 Å². The Morgan fingerprint density at radius 1 is 0.574 bits per heavy atom. The Bertz CT molecular complexity index is 1080. The predicted octanol–water partition coefficient (Wildman–Crippen LogP) is 5.60. The van der Waals surface area contributed by atoms with Crippen LogP contribution < -0.4 is 5.32 Å². The lowest BCUT2D eigenvalue weighted by atomic mass is 9.97. The third kappa shape index (κ3) is 23.0. The van der Waals surface area contributed by atoms with Crippen molar-refractivity contribution in [2.45, 2.75) is 261 Å². The molecular weight excluding hydrogens is 787 g/mol. The van der Waals surface area contributed by atoms with Crippen LogP contribution in [0.25, 0.3) is 0 Å². The maximum Gasteiger partial charge on any atom is 0.220 e. The summed E-state index contributed by atoms with van der Waals surface area (Å²) in [5.41, 5.74) is 0. The third-order valence-electron chi connectivity index (χ3n) is 12.2. The largest absolute Gasteiger partial charge is 0.394 e. The molecule has 14 nitrogen and oxygen atoms in total. The molecule has 2 fully saturated rings. The lowest BCUT2D eigenvalue weighted by molar-refractivity contribution is -0.359. The SMILES string of the molecule is CCCCCCCCC/C=C/[C@@H](O)[C@H](CO[C@@H]1O[C@H](CO)[C@@H](O[C@@H]2O[C@H](CO)[C@H](O)C(O)C2O)C(O)C1O)NC(=O)CCCCCCCCCCCCCCCCCCCC. The smallest absolute Gasteiger partial charge is 0.220 e. The molecule has 14 heteroatoms. The number of rotatable bonds is 37. The molecule has 2 aliphatic rings. The molecule has 2 saturated heterocycles. The van der Waals surface area contributed by atoms with Crippen LogP contribution in [0, 0.1) is 0 Å². The fraction of sp³-hybridized carbons (Fsp3) is 0.936. The molecule has 0 saturated carbocycles. The van der Waals surface area contributed by atoms with Crippen LogP contribution in [0.15, 0.2) is 12.2 Å². The maximum absolute atomic E-state index is 13.1. The summed E-state index contributed by atoms with van der Waals surface area (Å²) in [6.45, 7) is 2.75. The third-order valence-corrected chi connectivity index (χ3v) is 12.2. The van der Waals surface area contributed by atoms with Crippen LogP contribution in [0.5, 0.6) is 0 Å². The van der Waals surface area contributed by atoms with E-state index in [0.29, 0.717) is 6.42 Å². The highest BCUT2D eigenvalue weighted by Gasteiger charge is 2.51. The number of nitrogens with one attached hydrogen (secondary N) is 1. The van der Waals surface area contributed by atoms with Crippen molar-refractivity contribution in [1.29, 1.82) is 0 Å². The first kappa shape index (κ1) is 55.9. The number of unbranched alkanes of at least 4 members (excludes halogenated alkanes) is 24. The minimum atomic E-state index is -1.78. The molecule has 2 rings (SSSR count). The minimum Gasteiger partial charge on any atom is -0.394 e. The molecule has 1 amide bonds. The molecule has 12 atom stereocenters. The van der Waals surface area contributed by atoms with Gasteiger partial charge in [0.1, 0.15) is 48.8 Å². The first-order valence-electron chi connectivity index (χ1n) is 24.4. The van der Waals surface area contributed by atoms with E-state index in [4.69, 9.17) is 18.9 Å². The van der Waals surface area contributed by atoms with Gasteiger partial charge < -0.3 is 65.1 Å². The molecule has 61 heavy (non-hydrogen) atoms. The van der Waals surface area contributed by atoms with Gasteiger partial charge in [-0.25, -0.2) is 0 Å². The van der Waals surface area contributed by atoms with E-state index in [-0.39, 0.29) is 18.9 Å². The van der Waals surface area contributed by atoms with Crippen LogP contribution in [-0.2, 0) is 23.7 Å². The zero-order valence-electron chi connectivity index (χ0n) is 37.9. The Kier molecular flexibility index (Phi) is 32.1. The second-order valence-corrected chi connectivity index (χ2v) is 17.6. The molecule has 0 bridgehead atoms. The highest BCUT2D eigenvalue weighted by Crippen LogP contribution is 2.30. The molecule has 4 unspecified atom stereocenters. The molecule has 2 aliphatic heterocycles. The fourth-order valence-electron chi connectivity index (χ4n) is 8.17. The standard InChI is InChI=1S/C47H89NO13/c1-3-5-7-9-11-13-14-15-16-17-18-19-20-21-23-25-27-29-31-39(52)48-35(36(51)30-28-26-24-22-12-10-8-6-4-2)34-58-46-44(57)42(55)45(38(33-50)60-46)61-47-43(56)41(54)40(53)37(32-49)59-47/h28,30,35-38,40-47,49-51,53-57H,3-27,29,31-34H2,1-2H3,(H,48,52)/b30-28+/t35-,36+,37+,38+,40-,41?,42?,43?,44?,45+,46+,47-/m0/s1. The Labute approximate surface area is 367 Å². The lowest BCUT2D eigenvalue weighted by Gasteiger charge is -2.46. The van der Waals surface area contributed by atoms with E-state index < -0.39 is 86.8 Å². The Morgan fingerprint density at radius 2 is 1.02 bits per heavy atom. The van der Waals surface area contributed by atoms with Gasteiger partial charge in [0.25, 0.3) is 0 Å². The monoisotopic (exact) mass is 876 g/mol. The molecular formula is C47H89NO13. The zero-order chi connectivity index (χ0) is 44.7. The second kappa shape index (κ2) is 35.0. The van der Waals surface area contributed by atoms with Crippen LogP contribution in [0.4, 0.5) is 0 Å². The van der Waals surface area contributed by atoms with Crippen molar-refractivity contribution in [1.82, 2.24) is 5.32 Å². The molecule has 0 radical (unpaired) electrons. The first-order valence-corrected chi connectivity index (χ1v) is 24.4. The molecule has 0 spiro atoms. The second-order valence-electron chi connectivity index (χ2n) is 17.6. The van der Waals surface area contributed by atoms with Gasteiger partial charge in [0.2, 0.25) is 5.91 Å². The van der Waals surface area contributed by atoms with E-state index >= 15 is 0 Å². The summed E-state index contributed by atoms with van der Waals surface area (Å²) in [4.78, 5) is 13.1. The van der Waals surface area contributed by atoms with Gasteiger partial charge in [-0.3, -0.25) is 4.79 Å². The summed E-state index contributed by atoms with van der Waals surface area (Å²) in [6.07, 6.45) is 18.4. The summed E-state index contributed by atoms with van der Waals surface area (Å²) >= 11 is 0. The van der Waals surface area contributed by atoms with Gasteiger partial charge >= 0.3 is 0 Å². The number of carbonyl (C=O) groups is 1. The Balaban J connectivity index is 1.81. The number of aliphatic hydroxyl groups is 8. The van der Waals surface area contributed by atoms with E-state index in [1.807, 2.05) is 6.08 Å². The van der Waals surface area contributed by atoms with Gasteiger partial charge in [-0.15, -0.1) is 0 Å². The average molecular weight is 876 g/mol. The van der Waals surface area contributed by atoms with E-state index in [0.717, 1.165) is 38.5 Å². The van der Waals surface area contributed by atoms with Gasteiger partial charge in [-0.2, -0.15) is 0 Å². The molecule has 0 aromatic carbocycles. The highest BCUT2D eigenvalue weighted by molar-refractivity contribution is 5.76. The van der Waals surface area contributed by atoms with Crippen LogP contribution in [-0.4, -0.2) is 140 Å². The molecule has 0 aromatic rings. The van der Waals surface area contributed by atoms with Gasteiger partial charge in [-0.1, -0.05) is 174 Å². The van der Waals surface area contributed by atoms with Crippen molar-refractivity contribution in [3.63, 3.8) is 0 Å². The van der Waals surface area contributed by atoms with Crippen LogP contribution >= 0.6 is 0 Å². The van der Waals surface area contributed by atoms with E-state index in [2.05, 4.69) is 19.2 Å². The number of aliphatic hydroxyl groups excluding tert-OH is 8. The van der Waals surface area contributed by atoms with E-state index in [9.17, 15) is 45.6 Å². The van der Waals surface area contributed by atoms with Crippen molar-refractivity contribution in [2.75, 3.05) is 19.8 Å². The fourth-order valence-corrected chi connectivity index (χ4v) is 8.17. The number of ether oxygens (including phenoxy) is 4. The molecule has 0 aromatic heterocycles. The summed E-state index contributed by atoms with van der Waals surface area (Å²) in [7, 11) is 0. The zero-order valence-corrected chi connectivity index (χ0v) is 37.9. The van der Waals surface area contributed by atoms with Crippen LogP contribution in [0.1, 0.15) is 187 Å². The van der Waals surface area contributed by atoms with Gasteiger partial charge in [0.05, 0.1) is 32.0 Å². The highest BCUT2D eigenvalue weighted by atomic mass is 16.7. The number of hydrogen-bond acceptors (Lipinski definition) is 13. The molecule has 2 heterocycles. The Hall–Kier alpha value is -1.27. The average Bonchev–Trinajstić information content (AvgIpc) is 3.26. The van der Waals surface area contributed by atoms with E-state index in [1.54, 1.807) is 6.08 Å². The number of allylic oxidation sites excluding steroid dienone is 1. The topological polar surface area (TPSA) is 228 Å². The van der Waals surface area contributed by atoms with Crippen LogP contribution in [0.3, 0.4) is 0 Å². The quantitative estimate of drug-likeness (QED) is 0.0274. The minimum absolute atomic E-state index is 0.240. The van der Waals surface area contributed by atoms with E-state index in [1.165, 1.54) is 122 Å². The van der Waals surface area contributed by atoms with Crippen molar-refractivity contribution < 1.29 is 64.6 Å². The molecule has 9 N–H and O–H groups in total. The van der Waals surface area contributed by atoms with Crippen molar-refractivity contribution >= 4 is 5.91 Å². The summed E-state index contributed by atoms with van der Waals surface area (Å²) in [6, 6.07) is -0.906. The summed E-state index contributed by atoms with van der Waals surface area (Å²) in [5.74, 6) is -0.240. The predicted molar refractivity (Wildman–Crippen MR) is 235 cm³/mol. The first-order chi connectivity index (χ1) is 29.6. The summed E-state index contributed by atoms with van der Waals surface area (Å²) < 4.78 is 22.6. The van der Waals surface area contributed by atoms with Gasteiger partial charge in [-0.05, 0) is 19.3 Å². The number of carbonyl (C=O) groups excluding carboxylic acids is 1. The molecule has 0 aliphatic carbocycles. The normalized spacial score (nSPS) is 28.0. The van der Waals surface area contributed by atoms with Crippen molar-refractivity contribution in [3.05, 3.63) is 12.2 Å². The lowest BCUT2D eigenvalue weighted by Crippen LogP contribution is -2.65. The number of hydrogen-bond donors (Lipinski definition) is 9. The van der Waals surface area contributed by atoms with Crippen LogP contribution in [0.2, 0.25) is 0 Å². The molecule has 360 valence electrons. The Morgan fingerprint density at radius 3 is 1.51 bits per heavy atom. The van der Waals surface area contributed by atoms with Gasteiger partial charge in [0, 0.05) is 6.42 Å². The number of amides is 1. The van der Waals surface area contributed by atoms with Crippen molar-refractivity contribution in [3.8, 4) is 0 Å². The summed E-state index contributed by atoms with van der Waals surface area (Å²) in [5, 5.41) is 86.4. The van der Waals surface area contributed by atoms with Crippen molar-refractivity contribution in [2.24, 2.45) is 0 Å².